The average molecular weight is 407 g/mol. The van der Waals surface area contributed by atoms with Gasteiger partial charge in [-0.3, -0.25) is 14.5 Å². The average Bonchev–Trinajstić information content (AvgIpc) is 2.58. The van der Waals surface area contributed by atoms with Crippen molar-refractivity contribution in [2.75, 3.05) is 32.8 Å². The van der Waals surface area contributed by atoms with E-state index in [0.29, 0.717) is 6.54 Å². The van der Waals surface area contributed by atoms with E-state index in [1.807, 2.05) is 12.1 Å². The van der Waals surface area contributed by atoms with Gasteiger partial charge >= 0.3 is 0 Å². The number of rotatable bonds is 7. The summed E-state index contributed by atoms with van der Waals surface area (Å²) >= 11 is 0. The van der Waals surface area contributed by atoms with Gasteiger partial charge in [-0.15, -0.1) is 24.8 Å². The van der Waals surface area contributed by atoms with Crippen molar-refractivity contribution in [1.29, 1.82) is 0 Å². The Bertz CT molecular complexity index is 575. The minimum Gasteiger partial charge on any atom is -0.376 e. The first-order valence-electron chi connectivity index (χ1n) is 8.22. The van der Waals surface area contributed by atoms with E-state index in [1.54, 1.807) is 0 Å². The fraction of sp³-hybridized carbons (Fsp3) is 0.529. The van der Waals surface area contributed by atoms with Crippen LogP contribution in [0.25, 0.3) is 0 Å². The molecule has 148 valence electrons. The highest BCUT2D eigenvalue weighted by molar-refractivity contribution is 5.86. The second kappa shape index (κ2) is 12.9. The van der Waals surface area contributed by atoms with Crippen LogP contribution < -0.4 is 16.4 Å². The van der Waals surface area contributed by atoms with Crippen molar-refractivity contribution in [3.8, 4) is 0 Å². The molecular weight excluding hydrogens is 379 g/mol. The molecule has 2 rings (SSSR count). The van der Waals surface area contributed by atoms with Crippen LogP contribution in [0.15, 0.2) is 24.3 Å². The Kier molecular flexibility index (Phi) is 12.2. The number of benzene rings is 1. The number of halogens is 2. The number of ether oxygens (including phenoxy) is 1. The maximum atomic E-state index is 11.7. The fourth-order valence-electron chi connectivity index (χ4n) is 2.64. The maximum absolute atomic E-state index is 11.7. The molecule has 4 N–H and O–H groups in total. The molecule has 0 saturated carbocycles. The minimum atomic E-state index is -0.341. The van der Waals surface area contributed by atoms with Gasteiger partial charge in [0.15, 0.2) is 0 Å². The van der Waals surface area contributed by atoms with Gasteiger partial charge < -0.3 is 21.1 Å². The third-order valence-electron chi connectivity index (χ3n) is 3.84. The molecule has 1 fully saturated rings. The van der Waals surface area contributed by atoms with Crippen molar-refractivity contribution >= 4 is 36.6 Å². The lowest BCUT2D eigenvalue weighted by Crippen LogP contribution is -2.40. The Balaban J connectivity index is 0.00000312. The highest BCUT2D eigenvalue weighted by atomic mass is 35.5. The lowest BCUT2D eigenvalue weighted by Gasteiger charge is -2.31. The van der Waals surface area contributed by atoms with Crippen LogP contribution in [0.2, 0.25) is 0 Å². The maximum Gasteiger partial charge on any atom is 0.239 e. The number of amides is 2. The van der Waals surface area contributed by atoms with Gasteiger partial charge in [0, 0.05) is 26.2 Å². The van der Waals surface area contributed by atoms with Crippen molar-refractivity contribution in [2.45, 2.75) is 26.1 Å². The molecule has 2 amide bonds. The van der Waals surface area contributed by atoms with Crippen molar-refractivity contribution in [2.24, 2.45) is 5.73 Å². The van der Waals surface area contributed by atoms with E-state index in [4.69, 9.17) is 10.5 Å². The van der Waals surface area contributed by atoms with Crippen LogP contribution in [-0.2, 0) is 27.4 Å². The van der Waals surface area contributed by atoms with Gasteiger partial charge in [-0.1, -0.05) is 24.3 Å². The van der Waals surface area contributed by atoms with E-state index in [2.05, 4.69) is 34.6 Å². The molecule has 26 heavy (non-hydrogen) atoms. The number of nitrogens with zero attached hydrogens (tertiary/aromatic N) is 1. The van der Waals surface area contributed by atoms with Gasteiger partial charge in [0.05, 0.1) is 25.8 Å². The summed E-state index contributed by atoms with van der Waals surface area (Å²) in [6.07, 6.45) is 0.268. The first-order valence-corrected chi connectivity index (χ1v) is 8.22. The Morgan fingerprint density at radius 2 is 1.96 bits per heavy atom. The molecule has 1 saturated heterocycles. The van der Waals surface area contributed by atoms with E-state index in [-0.39, 0.29) is 55.8 Å². The van der Waals surface area contributed by atoms with Gasteiger partial charge in [0.1, 0.15) is 0 Å². The molecule has 1 aromatic carbocycles. The number of nitrogens with two attached hydrogens (primary N) is 1. The van der Waals surface area contributed by atoms with Crippen molar-refractivity contribution < 1.29 is 14.3 Å². The number of hydrogen-bond acceptors (Lipinski definition) is 5. The smallest absolute Gasteiger partial charge is 0.239 e. The van der Waals surface area contributed by atoms with E-state index in [1.165, 1.54) is 5.56 Å². The molecular formula is C17H28Cl2N4O3. The molecule has 7 nitrogen and oxygen atoms in total. The van der Waals surface area contributed by atoms with Crippen molar-refractivity contribution in [3.05, 3.63) is 35.4 Å². The molecule has 9 heteroatoms. The van der Waals surface area contributed by atoms with Crippen LogP contribution in [0.1, 0.15) is 18.1 Å². The van der Waals surface area contributed by atoms with Gasteiger partial charge in [-0.05, 0) is 18.1 Å². The lowest BCUT2D eigenvalue weighted by atomic mass is 10.1. The Labute approximate surface area is 166 Å². The lowest BCUT2D eigenvalue weighted by molar-refractivity contribution is -0.125. The highest BCUT2D eigenvalue weighted by Crippen LogP contribution is 2.12. The SMILES string of the molecule is CC1CN(Cc2cccc(CNC(=O)CNC(=O)CN)c2)CCO1.Cl.Cl. The third kappa shape index (κ3) is 8.82. The monoisotopic (exact) mass is 406 g/mol. The summed E-state index contributed by atoms with van der Waals surface area (Å²) in [6, 6.07) is 8.16. The number of nitrogens with one attached hydrogen (secondary N) is 2. The Hall–Kier alpha value is -1.38. The summed E-state index contributed by atoms with van der Waals surface area (Å²) in [4.78, 5) is 25.1. The number of carbonyl (C=O) groups excluding carboxylic acids is 2. The molecule has 0 spiro atoms. The van der Waals surface area contributed by atoms with Crippen molar-refractivity contribution in [3.63, 3.8) is 0 Å². The van der Waals surface area contributed by atoms with E-state index < -0.39 is 0 Å². The predicted molar refractivity (Wildman–Crippen MR) is 106 cm³/mol. The summed E-state index contributed by atoms with van der Waals surface area (Å²) in [5.74, 6) is -0.573. The van der Waals surface area contributed by atoms with Crippen LogP contribution in [0, 0.1) is 0 Å². The molecule has 1 unspecified atom stereocenters. The molecule has 0 bridgehead atoms. The largest absolute Gasteiger partial charge is 0.376 e. The Morgan fingerprint density at radius 1 is 1.23 bits per heavy atom. The number of morpholine rings is 1. The molecule has 0 aromatic heterocycles. The summed E-state index contributed by atoms with van der Waals surface area (Å²) in [6.45, 7) is 5.87. The van der Waals surface area contributed by atoms with Crippen LogP contribution in [-0.4, -0.2) is 55.6 Å². The third-order valence-corrected chi connectivity index (χ3v) is 3.84. The number of hydrogen-bond donors (Lipinski definition) is 3. The molecule has 1 aliphatic rings. The summed E-state index contributed by atoms with van der Waals surface area (Å²) in [5.41, 5.74) is 7.42. The van der Waals surface area contributed by atoms with Crippen LogP contribution in [0.3, 0.4) is 0 Å². The van der Waals surface area contributed by atoms with Gasteiger partial charge in [0.25, 0.3) is 0 Å². The summed E-state index contributed by atoms with van der Waals surface area (Å²) in [7, 11) is 0. The molecule has 1 aromatic rings. The Morgan fingerprint density at radius 3 is 2.65 bits per heavy atom. The predicted octanol–water partition coefficient (Wildman–Crippen LogP) is 0.442. The highest BCUT2D eigenvalue weighted by Gasteiger charge is 2.16. The summed E-state index contributed by atoms with van der Waals surface area (Å²) in [5, 5.41) is 5.23. The van der Waals surface area contributed by atoms with Crippen LogP contribution in [0.4, 0.5) is 0 Å². The van der Waals surface area contributed by atoms with E-state index >= 15 is 0 Å². The zero-order valence-electron chi connectivity index (χ0n) is 14.9. The van der Waals surface area contributed by atoms with Gasteiger partial charge in [-0.25, -0.2) is 0 Å². The zero-order valence-corrected chi connectivity index (χ0v) is 16.5. The van der Waals surface area contributed by atoms with Crippen LogP contribution in [0.5, 0.6) is 0 Å². The van der Waals surface area contributed by atoms with Gasteiger partial charge in [0.2, 0.25) is 11.8 Å². The second-order valence-electron chi connectivity index (χ2n) is 5.99. The topological polar surface area (TPSA) is 96.7 Å². The van der Waals surface area contributed by atoms with Crippen molar-refractivity contribution in [1.82, 2.24) is 15.5 Å². The fourth-order valence-corrected chi connectivity index (χ4v) is 2.64. The molecule has 1 aliphatic heterocycles. The first kappa shape index (κ1) is 24.6. The van der Waals surface area contributed by atoms with E-state index in [9.17, 15) is 9.59 Å². The quantitative estimate of drug-likeness (QED) is 0.610. The van der Waals surface area contributed by atoms with Gasteiger partial charge in [-0.2, -0.15) is 0 Å². The molecule has 1 atom stereocenters. The molecule has 0 radical (unpaired) electrons. The summed E-state index contributed by atoms with van der Waals surface area (Å²) < 4.78 is 5.56. The molecule has 0 aliphatic carbocycles. The number of carbonyl (C=O) groups is 2. The normalized spacial score (nSPS) is 16.8. The van der Waals surface area contributed by atoms with E-state index in [0.717, 1.165) is 31.8 Å². The minimum absolute atomic E-state index is 0. The zero-order chi connectivity index (χ0) is 17.4. The standard InChI is InChI=1S/C17H26N4O3.2ClH/c1-13-11-21(5-6-24-13)12-15-4-2-3-14(7-15)9-19-17(23)10-20-16(22)8-18;;/h2-4,7,13H,5-6,8-12,18H2,1H3,(H,19,23)(H,20,22);2*1H. The first-order chi connectivity index (χ1) is 11.6. The molecule has 1 heterocycles. The van der Waals surface area contributed by atoms with Crippen LogP contribution >= 0.6 is 24.8 Å². The second-order valence-corrected chi connectivity index (χ2v) is 5.99.